The molecule has 0 aromatic rings. The Morgan fingerprint density at radius 1 is 0.486 bits per heavy atom. The van der Waals surface area contributed by atoms with Crippen molar-refractivity contribution in [1.29, 1.82) is 0 Å². The summed E-state index contributed by atoms with van der Waals surface area (Å²) < 4.78 is 23.7. The van der Waals surface area contributed by atoms with Crippen molar-refractivity contribution in [1.82, 2.24) is 5.32 Å². The summed E-state index contributed by atoms with van der Waals surface area (Å²) in [6, 6.07) is -0.865. The molecule has 0 aliphatic heterocycles. The molecule has 0 saturated carbocycles. The fraction of sp³-hybridized carbons (Fsp3) is 0.730. The van der Waals surface area contributed by atoms with Crippen LogP contribution >= 0.6 is 7.82 Å². The lowest BCUT2D eigenvalue weighted by molar-refractivity contribution is -0.870. The number of aliphatic hydroxyl groups is 1. The van der Waals surface area contributed by atoms with Crippen LogP contribution in [-0.4, -0.2) is 73.4 Å². The molecule has 8 nitrogen and oxygen atoms in total. The van der Waals surface area contributed by atoms with Crippen molar-refractivity contribution in [3.8, 4) is 0 Å². The van der Waals surface area contributed by atoms with E-state index in [0.29, 0.717) is 17.4 Å². The largest absolute Gasteiger partial charge is 0.472 e. The first-order valence-corrected chi connectivity index (χ1v) is 31.1. The van der Waals surface area contributed by atoms with Crippen molar-refractivity contribution in [2.24, 2.45) is 0 Å². The predicted molar refractivity (Wildman–Crippen MR) is 313 cm³/mol. The van der Waals surface area contributed by atoms with Crippen LogP contribution in [0.1, 0.15) is 245 Å². The number of hydrogen-bond acceptors (Lipinski definition) is 5. The van der Waals surface area contributed by atoms with Gasteiger partial charge in [0.05, 0.1) is 39.9 Å². The van der Waals surface area contributed by atoms with Crippen LogP contribution in [0, 0.1) is 0 Å². The Labute approximate surface area is 445 Å². The molecular formula is C63H114N2O6P+. The average Bonchev–Trinajstić information content (AvgIpc) is 3.34. The number of likely N-dealkylation sites (N-methyl/N-ethyl adjacent to an activating group) is 1. The molecule has 1 amide bonds. The molecule has 416 valence electrons. The lowest BCUT2D eigenvalue weighted by Gasteiger charge is -2.25. The zero-order valence-corrected chi connectivity index (χ0v) is 48.3. The maximum Gasteiger partial charge on any atom is 0.472 e. The van der Waals surface area contributed by atoms with Gasteiger partial charge in [0.1, 0.15) is 13.2 Å². The highest BCUT2D eigenvalue weighted by Crippen LogP contribution is 2.43. The molecule has 0 bridgehead atoms. The van der Waals surface area contributed by atoms with Crippen LogP contribution in [0.25, 0.3) is 0 Å². The van der Waals surface area contributed by atoms with Gasteiger partial charge in [0.25, 0.3) is 0 Å². The van der Waals surface area contributed by atoms with Crippen LogP contribution in [0.3, 0.4) is 0 Å². The molecule has 0 aliphatic carbocycles. The molecule has 3 unspecified atom stereocenters. The van der Waals surface area contributed by atoms with E-state index in [1.54, 1.807) is 6.08 Å². The van der Waals surface area contributed by atoms with Crippen LogP contribution in [-0.2, 0) is 18.4 Å². The third-order valence-corrected chi connectivity index (χ3v) is 13.8. The topological polar surface area (TPSA) is 105 Å². The van der Waals surface area contributed by atoms with Crippen molar-refractivity contribution in [2.75, 3.05) is 40.9 Å². The van der Waals surface area contributed by atoms with Gasteiger partial charge in [-0.2, -0.15) is 0 Å². The van der Waals surface area contributed by atoms with Gasteiger partial charge in [0.15, 0.2) is 0 Å². The summed E-state index contributed by atoms with van der Waals surface area (Å²) in [7, 11) is 1.55. The molecule has 3 N–H and O–H groups in total. The molecule has 0 radical (unpaired) electrons. The van der Waals surface area contributed by atoms with Crippen LogP contribution in [0.15, 0.2) is 97.2 Å². The maximum absolute atomic E-state index is 13.0. The minimum Gasteiger partial charge on any atom is -0.387 e. The molecule has 0 saturated heterocycles. The number of carbonyl (C=O) groups is 1. The molecule has 0 aliphatic rings. The normalized spacial score (nSPS) is 14.6. The Bertz CT molecular complexity index is 1490. The van der Waals surface area contributed by atoms with Gasteiger partial charge in [-0.05, 0) is 77.0 Å². The zero-order valence-electron chi connectivity index (χ0n) is 47.4. The van der Waals surface area contributed by atoms with Crippen molar-refractivity contribution in [3.05, 3.63) is 97.2 Å². The van der Waals surface area contributed by atoms with Gasteiger partial charge in [0.2, 0.25) is 5.91 Å². The molecule has 3 atom stereocenters. The molecule has 0 heterocycles. The number of aliphatic hydroxyl groups excluding tert-OH is 1. The molecule has 0 aromatic carbocycles. The fourth-order valence-corrected chi connectivity index (χ4v) is 8.93. The van der Waals surface area contributed by atoms with E-state index < -0.39 is 20.0 Å². The summed E-state index contributed by atoms with van der Waals surface area (Å²) >= 11 is 0. The maximum atomic E-state index is 13.0. The van der Waals surface area contributed by atoms with Crippen molar-refractivity contribution >= 4 is 13.7 Å². The van der Waals surface area contributed by atoms with E-state index >= 15 is 0 Å². The number of allylic oxidation sites excluding steroid dienone is 15. The summed E-state index contributed by atoms with van der Waals surface area (Å²) in [5, 5.41) is 13.9. The Morgan fingerprint density at radius 2 is 0.833 bits per heavy atom. The zero-order chi connectivity index (χ0) is 52.7. The lowest BCUT2D eigenvalue weighted by atomic mass is 10.0. The molecule has 0 spiro atoms. The van der Waals surface area contributed by atoms with E-state index in [4.69, 9.17) is 9.05 Å². The summed E-state index contributed by atoms with van der Waals surface area (Å²) in [5.74, 6) is -0.198. The lowest BCUT2D eigenvalue weighted by Crippen LogP contribution is -2.45. The fourth-order valence-electron chi connectivity index (χ4n) is 8.20. The first kappa shape index (κ1) is 69.4. The third kappa shape index (κ3) is 55.2. The van der Waals surface area contributed by atoms with Crippen molar-refractivity contribution in [2.45, 2.75) is 257 Å². The number of phosphoric ester groups is 1. The van der Waals surface area contributed by atoms with Crippen LogP contribution < -0.4 is 5.32 Å². The Kier molecular flexibility index (Phi) is 51.3. The number of phosphoric acid groups is 1. The van der Waals surface area contributed by atoms with Gasteiger partial charge in [-0.1, -0.05) is 259 Å². The number of rotatable bonds is 53. The number of carbonyl (C=O) groups excluding carboxylic acids is 1. The number of unbranched alkanes of at least 4 members (excludes halogenated alkanes) is 26. The predicted octanol–water partition coefficient (Wildman–Crippen LogP) is 18.2. The number of hydrogen-bond donors (Lipinski definition) is 3. The minimum absolute atomic E-state index is 0.0525. The van der Waals surface area contributed by atoms with Gasteiger partial charge < -0.3 is 19.8 Å². The number of nitrogens with zero attached hydrogens (tertiary/aromatic N) is 1. The van der Waals surface area contributed by atoms with Gasteiger partial charge in [-0.3, -0.25) is 13.8 Å². The molecule has 0 aromatic heterocycles. The molecule has 0 fully saturated rings. The second kappa shape index (κ2) is 53.3. The summed E-state index contributed by atoms with van der Waals surface area (Å²) in [4.78, 5) is 23.3. The van der Waals surface area contributed by atoms with Crippen molar-refractivity contribution in [3.63, 3.8) is 0 Å². The van der Waals surface area contributed by atoms with E-state index in [0.717, 1.165) is 103 Å². The minimum atomic E-state index is -4.36. The van der Waals surface area contributed by atoms with Gasteiger partial charge >= 0.3 is 7.82 Å². The number of amides is 1. The Balaban J connectivity index is 4.29. The van der Waals surface area contributed by atoms with E-state index in [9.17, 15) is 19.4 Å². The Hall–Kier alpha value is -2.58. The van der Waals surface area contributed by atoms with E-state index in [2.05, 4.69) is 104 Å². The van der Waals surface area contributed by atoms with Crippen LogP contribution in [0.2, 0.25) is 0 Å². The highest BCUT2D eigenvalue weighted by Gasteiger charge is 2.27. The van der Waals surface area contributed by atoms with Crippen LogP contribution in [0.5, 0.6) is 0 Å². The molecule has 0 rings (SSSR count). The van der Waals surface area contributed by atoms with E-state index in [-0.39, 0.29) is 19.1 Å². The third-order valence-electron chi connectivity index (χ3n) is 12.8. The SMILES string of the molecule is CC/C=C\C/C=C\C/C=C\C/C=C\C/C=C\C/C=C\C/C=C\CCCCCCCC(=O)NC(COP(=O)(O)OCC[N+](C)(C)C)C(O)/C=C/CCCCCCCCCCCCCCCCCCCCCCC. The summed E-state index contributed by atoms with van der Waals surface area (Å²) in [6.07, 6.45) is 76.5. The molecule has 72 heavy (non-hydrogen) atoms. The number of quaternary nitrogens is 1. The second-order valence-electron chi connectivity index (χ2n) is 21.0. The summed E-state index contributed by atoms with van der Waals surface area (Å²) in [5.41, 5.74) is 0. The van der Waals surface area contributed by atoms with E-state index in [1.165, 1.54) is 122 Å². The standard InChI is InChI=1S/C63H113N2O6P/c1-6-8-10-12-14-16-18-20-22-24-26-28-30-31-32-33-35-37-39-41-43-45-47-49-51-53-55-57-63(67)64-61(60-71-72(68,69)70-59-58-65(3,4)5)62(66)56-54-52-50-48-46-44-42-40-38-36-34-29-27-25-23-21-19-17-15-13-11-9-7-2/h8,10,14,16,20,22,26,28,31-32,35,37,41,43,54,56,61-62,66H,6-7,9,11-13,15,17-19,21,23-25,27,29-30,33-34,36,38-40,42,44-53,55,57-60H2,1-5H3,(H-,64,67,68,69)/p+1/b10-8-,16-14-,22-20-,28-26-,32-31-,37-35-,43-41-,56-54+. The quantitative estimate of drug-likeness (QED) is 0.0243. The average molecular weight is 1030 g/mol. The van der Waals surface area contributed by atoms with Gasteiger partial charge in [-0.15, -0.1) is 0 Å². The summed E-state index contributed by atoms with van der Waals surface area (Å²) in [6.45, 7) is 4.70. The molecular weight excluding hydrogens is 912 g/mol. The van der Waals surface area contributed by atoms with E-state index in [1.807, 2.05) is 27.2 Å². The second-order valence-corrected chi connectivity index (χ2v) is 22.4. The highest BCUT2D eigenvalue weighted by atomic mass is 31.2. The first-order chi connectivity index (χ1) is 35.0. The van der Waals surface area contributed by atoms with Gasteiger partial charge in [-0.25, -0.2) is 4.57 Å². The Morgan fingerprint density at radius 3 is 1.22 bits per heavy atom. The van der Waals surface area contributed by atoms with Crippen LogP contribution in [0.4, 0.5) is 0 Å². The highest BCUT2D eigenvalue weighted by molar-refractivity contribution is 7.47. The molecule has 9 heteroatoms. The monoisotopic (exact) mass is 1030 g/mol. The van der Waals surface area contributed by atoms with Gasteiger partial charge in [0, 0.05) is 6.42 Å². The smallest absolute Gasteiger partial charge is 0.387 e. The van der Waals surface area contributed by atoms with Crippen molar-refractivity contribution < 1.29 is 32.9 Å². The number of nitrogens with one attached hydrogen (secondary N) is 1. The first-order valence-electron chi connectivity index (χ1n) is 29.6.